The van der Waals surface area contributed by atoms with Crippen LogP contribution >= 0.6 is 0 Å². The fourth-order valence-corrected chi connectivity index (χ4v) is 2.03. The van der Waals surface area contributed by atoms with Gasteiger partial charge in [-0.25, -0.2) is 0 Å². The molecule has 0 aliphatic carbocycles. The Bertz CT molecular complexity index is 622. The highest BCUT2D eigenvalue weighted by Gasteiger charge is 2.13. The maximum Gasteiger partial charge on any atom is 0.224 e. The smallest absolute Gasteiger partial charge is 0.224 e. The van der Waals surface area contributed by atoms with Gasteiger partial charge in [0.2, 0.25) is 5.91 Å². The Hall–Kier alpha value is -2.23. The van der Waals surface area contributed by atoms with Gasteiger partial charge in [-0.05, 0) is 35.4 Å². The van der Waals surface area contributed by atoms with E-state index >= 15 is 0 Å². The van der Waals surface area contributed by atoms with Crippen LogP contribution in [0.15, 0.2) is 30.3 Å². The Morgan fingerprint density at radius 3 is 2.16 bits per heavy atom. The quantitative estimate of drug-likeness (QED) is 0.917. The van der Waals surface area contributed by atoms with E-state index in [2.05, 4.69) is 0 Å². The zero-order valence-corrected chi connectivity index (χ0v) is 11.3. The zero-order valence-electron chi connectivity index (χ0n) is 11.3. The first-order valence-electron chi connectivity index (χ1n) is 6.01. The number of hydrogen-bond donors (Lipinski definition) is 1. The molecule has 0 aliphatic heterocycles. The van der Waals surface area contributed by atoms with E-state index in [4.69, 9.17) is 15.2 Å². The molecule has 4 nitrogen and oxygen atoms in total. The van der Waals surface area contributed by atoms with Gasteiger partial charge in [-0.1, -0.05) is 18.2 Å². The predicted octanol–water partition coefficient (Wildman–Crippen LogP) is 2.45. The summed E-state index contributed by atoms with van der Waals surface area (Å²) in [4.78, 5) is 11.2. The first kappa shape index (κ1) is 13.2. The van der Waals surface area contributed by atoms with E-state index in [1.54, 1.807) is 21.1 Å². The predicted molar refractivity (Wildman–Crippen MR) is 74.7 cm³/mol. The summed E-state index contributed by atoms with van der Waals surface area (Å²) in [7, 11) is 3.20. The van der Waals surface area contributed by atoms with Crippen molar-refractivity contribution in [2.24, 2.45) is 5.73 Å². The monoisotopic (exact) mass is 259 g/mol. The first-order chi connectivity index (χ1) is 9.06. The lowest BCUT2D eigenvalue weighted by molar-refractivity contribution is -0.119. The lowest BCUT2D eigenvalue weighted by Gasteiger charge is -2.12. The molecule has 0 bridgehead atoms. The molecule has 0 saturated carbocycles. The molecule has 2 rings (SSSR count). The van der Waals surface area contributed by atoms with Gasteiger partial charge < -0.3 is 15.2 Å². The summed E-state index contributed by atoms with van der Waals surface area (Å²) in [6.45, 7) is 1.80. The second-order valence-corrected chi connectivity index (χ2v) is 4.44. The Kier molecular flexibility index (Phi) is 3.60. The Morgan fingerprint density at radius 1 is 1.05 bits per heavy atom. The lowest BCUT2D eigenvalue weighted by Crippen LogP contribution is -2.18. The van der Waals surface area contributed by atoms with Crippen LogP contribution in [0.4, 0.5) is 0 Å². The number of hydrogen-bond acceptors (Lipinski definition) is 3. The van der Waals surface area contributed by atoms with Gasteiger partial charge in [0.05, 0.1) is 20.1 Å². The number of fused-ring (bicyclic) bond motifs is 1. The maximum absolute atomic E-state index is 11.2. The van der Waals surface area contributed by atoms with E-state index in [-0.39, 0.29) is 11.8 Å². The number of carbonyl (C=O) groups is 1. The summed E-state index contributed by atoms with van der Waals surface area (Å²) in [5, 5.41) is 2.02. The van der Waals surface area contributed by atoms with Crippen molar-refractivity contribution < 1.29 is 14.3 Å². The number of nitrogens with two attached hydrogens (primary N) is 1. The van der Waals surface area contributed by atoms with Gasteiger partial charge in [0.15, 0.2) is 11.5 Å². The van der Waals surface area contributed by atoms with Crippen LogP contribution < -0.4 is 15.2 Å². The standard InChI is InChI=1S/C15H17NO3/c1-9(15(16)17)10-4-5-11-7-13(18-2)14(19-3)8-12(11)6-10/h4-9H,1-3H3,(H2,16,17). The van der Waals surface area contributed by atoms with E-state index in [0.717, 1.165) is 16.3 Å². The van der Waals surface area contributed by atoms with Gasteiger partial charge in [0.1, 0.15) is 0 Å². The van der Waals surface area contributed by atoms with E-state index in [1.807, 2.05) is 30.3 Å². The maximum atomic E-state index is 11.2. The fraction of sp³-hybridized carbons (Fsp3) is 0.267. The summed E-state index contributed by atoms with van der Waals surface area (Å²) in [6, 6.07) is 9.61. The van der Waals surface area contributed by atoms with Crippen molar-refractivity contribution in [2.75, 3.05) is 14.2 Å². The number of primary amides is 1. The molecule has 0 spiro atoms. The van der Waals surface area contributed by atoms with Gasteiger partial charge in [-0.3, -0.25) is 4.79 Å². The van der Waals surface area contributed by atoms with Crippen LogP contribution in [0, 0.1) is 0 Å². The molecular weight excluding hydrogens is 242 g/mol. The average Bonchev–Trinajstić information content (AvgIpc) is 2.44. The summed E-state index contributed by atoms with van der Waals surface area (Å²) in [5.41, 5.74) is 6.23. The lowest BCUT2D eigenvalue weighted by atomic mass is 9.97. The molecule has 0 radical (unpaired) electrons. The third-order valence-corrected chi connectivity index (χ3v) is 3.29. The van der Waals surface area contributed by atoms with E-state index in [0.29, 0.717) is 11.5 Å². The van der Waals surface area contributed by atoms with Crippen molar-refractivity contribution in [1.82, 2.24) is 0 Å². The van der Waals surface area contributed by atoms with Crippen LogP contribution in [0.1, 0.15) is 18.4 Å². The Balaban J connectivity index is 2.56. The normalized spacial score (nSPS) is 12.2. The third kappa shape index (κ3) is 2.47. The molecule has 100 valence electrons. The van der Waals surface area contributed by atoms with E-state index in [1.165, 1.54) is 0 Å². The zero-order chi connectivity index (χ0) is 14.0. The van der Waals surface area contributed by atoms with Gasteiger partial charge >= 0.3 is 0 Å². The third-order valence-electron chi connectivity index (χ3n) is 3.29. The Labute approximate surface area is 112 Å². The molecule has 1 amide bonds. The van der Waals surface area contributed by atoms with Crippen molar-refractivity contribution in [2.45, 2.75) is 12.8 Å². The van der Waals surface area contributed by atoms with Crippen LogP contribution in [0.3, 0.4) is 0 Å². The number of benzene rings is 2. The van der Waals surface area contributed by atoms with Gasteiger partial charge in [0.25, 0.3) is 0 Å². The number of methoxy groups -OCH3 is 2. The minimum absolute atomic E-state index is 0.308. The number of ether oxygens (including phenoxy) is 2. The summed E-state index contributed by atoms with van der Waals surface area (Å²) < 4.78 is 10.5. The molecule has 0 aromatic heterocycles. The number of amides is 1. The van der Waals surface area contributed by atoms with Crippen molar-refractivity contribution in [3.63, 3.8) is 0 Å². The molecule has 0 fully saturated rings. The molecule has 2 N–H and O–H groups in total. The molecule has 2 aromatic carbocycles. The van der Waals surface area contributed by atoms with E-state index < -0.39 is 0 Å². The van der Waals surface area contributed by atoms with Gasteiger partial charge in [-0.2, -0.15) is 0 Å². The number of rotatable bonds is 4. The molecule has 1 atom stereocenters. The van der Waals surface area contributed by atoms with Crippen molar-refractivity contribution in [3.05, 3.63) is 35.9 Å². The molecule has 2 aromatic rings. The van der Waals surface area contributed by atoms with Crippen molar-refractivity contribution in [3.8, 4) is 11.5 Å². The minimum atomic E-state index is -0.333. The topological polar surface area (TPSA) is 61.5 Å². The SMILES string of the molecule is COc1cc2ccc(C(C)C(N)=O)cc2cc1OC. The second-order valence-electron chi connectivity index (χ2n) is 4.44. The van der Waals surface area contributed by atoms with Crippen LogP contribution in [0.2, 0.25) is 0 Å². The largest absolute Gasteiger partial charge is 0.493 e. The molecular formula is C15H17NO3. The minimum Gasteiger partial charge on any atom is -0.493 e. The van der Waals surface area contributed by atoms with E-state index in [9.17, 15) is 4.79 Å². The highest BCUT2D eigenvalue weighted by atomic mass is 16.5. The van der Waals surface area contributed by atoms with Crippen LogP contribution in [0.5, 0.6) is 11.5 Å². The molecule has 1 unspecified atom stereocenters. The van der Waals surface area contributed by atoms with Crippen molar-refractivity contribution >= 4 is 16.7 Å². The first-order valence-corrected chi connectivity index (χ1v) is 6.01. The Morgan fingerprint density at radius 2 is 1.63 bits per heavy atom. The van der Waals surface area contributed by atoms with Crippen LogP contribution in [0.25, 0.3) is 10.8 Å². The number of carbonyl (C=O) groups excluding carboxylic acids is 1. The second kappa shape index (κ2) is 5.18. The van der Waals surface area contributed by atoms with Crippen molar-refractivity contribution in [1.29, 1.82) is 0 Å². The fourth-order valence-electron chi connectivity index (χ4n) is 2.03. The highest BCUT2D eigenvalue weighted by Crippen LogP contribution is 2.33. The molecule has 0 aliphatic rings. The van der Waals surface area contributed by atoms with Gasteiger partial charge in [-0.15, -0.1) is 0 Å². The van der Waals surface area contributed by atoms with Crippen LogP contribution in [-0.4, -0.2) is 20.1 Å². The summed E-state index contributed by atoms with van der Waals surface area (Å²) in [6.07, 6.45) is 0. The molecule has 0 heterocycles. The molecule has 19 heavy (non-hydrogen) atoms. The summed E-state index contributed by atoms with van der Waals surface area (Å²) >= 11 is 0. The highest BCUT2D eigenvalue weighted by molar-refractivity contribution is 5.89. The van der Waals surface area contributed by atoms with Gasteiger partial charge in [0, 0.05) is 0 Å². The summed E-state index contributed by atoms with van der Waals surface area (Å²) in [5.74, 6) is 0.710. The average molecular weight is 259 g/mol. The molecule has 0 saturated heterocycles. The van der Waals surface area contributed by atoms with Crippen LogP contribution in [-0.2, 0) is 4.79 Å². The molecule has 4 heteroatoms.